The SMILES string of the molecule is COc1ccc(-c2nnc(SCC(=O)Nc3c(F)cc(F)cc3Br)n2Cc2ccco2)cc1. The fourth-order valence-corrected chi connectivity index (χ4v) is 4.26. The standard InChI is InChI=1S/C22H17BrF2N4O3S/c1-31-15-6-4-13(5-7-15)21-27-28-22(29(21)11-16-3-2-8-32-16)33-12-19(30)26-20-17(23)9-14(24)10-18(20)25/h2-10H,11-12H2,1H3,(H,26,30). The summed E-state index contributed by atoms with van der Waals surface area (Å²) in [5.74, 6) is -0.183. The van der Waals surface area contributed by atoms with E-state index >= 15 is 0 Å². The first-order valence-corrected chi connectivity index (χ1v) is 11.4. The van der Waals surface area contributed by atoms with Crippen molar-refractivity contribution in [1.29, 1.82) is 0 Å². The molecule has 1 N–H and O–H groups in total. The zero-order chi connectivity index (χ0) is 23.4. The Morgan fingerprint density at radius 1 is 1.21 bits per heavy atom. The van der Waals surface area contributed by atoms with Crippen LogP contribution in [0.4, 0.5) is 14.5 Å². The third kappa shape index (κ3) is 5.42. The lowest BCUT2D eigenvalue weighted by Crippen LogP contribution is -2.16. The molecule has 4 aromatic rings. The molecule has 33 heavy (non-hydrogen) atoms. The number of benzene rings is 2. The predicted molar refractivity (Wildman–Crippen MR) is 123 cm³/mol. The number of anilines is 1. The van der Waals surface area contributed by atoms with Gasteiger partial charge in [-0.25, -0.2) is 8.78 Å². The van der Waals surface area contributed by atoms with Crippen molar-refractivity contribution in [2.45, 2.75) is 11.7 Å². The maximum Gasteiger partial charge on any atom is 0.234 e. The third-order valence-corrected chi connectivity index (χ3v) is 6.15. The molecule has 2 aromatic carbocycles. The highest BCUT2D eigenvalue weighted by atomic mass is 79.9. The number of rotatable bonds is 8. The monoisotopic (exact) mass is 534 g/mol. The quantitative estimate of drug-likeness (QED) is 0.306. The molecule has 0 bridgehead atoms. The molecule has 0 saturated heterocycles. The largest absolute Gasteiger partial charge is 0.497 e. The number of methoxy groups -OCH3 is 1. The number of carbonyl (C=O) groups excluding carboxylic acids is 1. The summed E-state index contributed by atoms with van der Waals surface area (Å²) in [4.78, 5) is 12.4. The van der Waals surface area contributed by atoms with Gasteiger partial charge in [-0.3, -0.25) is 9.36 Å². The van der Waals surface area contributed by atoms with Crippen LogP contribution in [0.25, 0.3) is 11.4 Å². The van der Waals surface area contributed by atoms with E-state index in [-0.39, 0.29) is 15.9 Å². The topological polar surface area (TPSA) is 82.2 Å². The highest BCUT2D eigenvalue weighted by Gasteiger charge is 2.18. The number of hydrogen-bond donors (Lipinski definition) is 1. The average molecular weight is 535 g/mol. The maximum absolute atomic E-state index is 14.0. The molecule has 0 aliphatic heterocycles. The molecule has 4 rings (SSSR count). The average Bonchev–Trinajstić information content (AvgIpc) is 3.45. The fraction of sp³-hybridized carbons (Fsp3) is 0.136. The van der Waals surface area contributed by atoms with Gasteiger partial charge in [-0.2, -0.15) is 0 Å². The minimum Gasteiger partial charge on any atom is -0.497 e. The maximum atomic E-state index is 14.0. The first kappa shape index (κ1) is 23.0. The zero-order valence-corrected chi connectivity index (χ0v) is 19.6. The van der Waals surface area contributed by atoms with Crippen LogP contribution in [0.15, 0.2) is 68.8 Å². The van der Waals surface area contributed by atoms with Crippen LogP contribution >= 0.6 is 27.7 Å². The van der Waals surface area contributed by atoms with Crippen LogP contribution in [0.1, 0.15) is 5.76 Å². The molecule has 0 unspecified atom stereocenters. The van der Waals surface area contributed by atoms with Crippen LogP contribution in [0.5, 0.6) is 5.75 Å². The Hall–Kier alpha value is -3.18. The van der Waals surface area contributed by atoms with Gasteiger partial charge >= 0.3 is 0 Å². The summed E-state index contributed by atoms with van der Waals surface area (Å²) in [6, 6.07) is 12.7. The van der Waals surface area contributed by atoms with Crippen molar-refractivity contribution in [1.82, 2.24) is 14.8 Å². The molecule has 0 aliphatic carbocycles. The second-order valence-electron chi connectivity index (χ2n) is 6.78. The summed E-state index contributed by atoms with van der Waals surface area (Å²) < 4.78 is 39.9. The van der Waals surface area contributed by atoms with Crippen molar-refractivity contribution in [3.05, 3.63) is 76.7 Å². The van der Waals surface area contributed by atoms with Crippen LogP contribution < -0.4 is 10.1 Å². The molecule has 0 spiro atoms. The molecule has 0 saturated carbocycles. The van der Waals surface area contributed by atoms with E-state index in [2.05, 4.69) is 31.4 Å². The molecule has 170 valence electrons. The summed E-state index contributed by atoms with van der Waals surface area (Å²) in [5, 5.41) is 11.5. The van der Waals surface area contributed by atoms with Gasteiger partial charge < -0.3 is 14.5 Å². The Morgan fingerprint density at radius 2 is 2.00 bits per heavy atom. The lowest BCUT2D eigenvalue weighted by Gasteiger charge is -2.10. The normalized spacial score (nSPS) is 10.9. The Labute approximate surface area is 200 Å². The number of aromatic nitrogens is 3. The van der Waals surface area contributed by atoms with Gasteiger partial charge in [0.2, 0.25) is 5.91 Å². The molecule has 1 amide bonds. The summed E-state index contributed by atoms with van der Waals surface area (Å²) >= 11 is 4.19. The minimum absolute atomic E-state index is 0.0673. The van der Waals surface area contributed by atoms with Gasteiger partial charge in [0.1, 0.15) is 17.3 Å². The highest BCUT2D eigenvalue weighted by Crippen LogP contribution is 2.29. The first-order chi connectivity index (χ1) is 15.9. The van der Waals surface area contributed by atoms with Gasteiger partial charge in [0.05, 0.1) is 31.4 Å². The fourth-order valence-electron chi connectivity index (χ4n) is 3.02. The second kappa shape index (κ2) is 10.2. The van der Waals surface area contributed by atoms with Crippen LogP contribution in [0.2, 0.25) is 0 Å². The van der Waals surface area contributed by atoms with Gasteiger partial charge in [-0.15, -0.1) is 10.2 Å². The second-order valence-corrected chi connectivity index (χ2v) is 8.58. The van der Waals surface area contributed by atoms with Gasteiger partial charge in [0, 0.05) is 16.1 Å². The molecule has 0 aliphatic rings. The number of thioether (sulfide) groups is 1. The summed E-state index contributed by atoms with van der Waals surface area (Å²) in [6.07, 6.45) is 1.57. The predicted octanol–water partition coefficient (Wildman–Crippen LogP) is 5.37. The zero-order valence-electron chi connectivity index (χ0n) is 17.2. The van der Waals surface area contributed by atoms with Crippen molar-refractivity contribution in [2.24, 2.45) is 0 Å². The number of nitrogens with one attached hydrogen (secondary N) is 1. The van der Waals surface area contributed by atoms with Crippen molar-refractivity contribution in [3.8, 4) is 17.1 Å². The van der Waals surface area contributed by atoms with Gasteiger partial charge in [-0.1, -0.05) is 11.8 Å². The van der Waals surface area contributed by atoms with E-state index < -0.39 is 17.5 Å². The van der Waals surface area contributed by atoms with E-state index in [9.17, 15) is 13.6 Å². The van der Waals surface area contributed by atoms with Gasteiger partial charge in [0.25, 0.3) is 0 Å². The summed E-state index contributed by atoms with van der Waals surface area (Å²) in [6.45, 7) is 0.351. The van der Waals surface area contributed by atoms with Gasteiger partial charge in [0.15, 0.2) is 16.8 Å². The molecule has 7 nitrogen and oxygen atoms in total. The molecule has 0 fully saturated rings. The Morgan fingerprint density at radius 3 is 2.67 bits per heavy atom. The van der Waals surface area contributed by atoms with Crippen LogP contribution in [-0.4, -0.2) is 33.5 Å². The molecule has 2 heterocycles. The summed E-state index contributed by atoms with van der Waals surface area (Å²) in [5.41, 5.74) is 0.682. The Balaban J connectivity index is 1.54. The molecular weight excluding hydrogens is 518 g/mol. The number of furan rings is 1. The van der Waals surface area contributed by atoms with E-state index in [0.29, 0.717) is 35.1 Å². The number of carbonyl (C=O) groups is 1. The van der Waals surface area contributed by atoms with Crippen molar-refractivity contribution in [3.63, 3.8) is 0 Å². The molecule has 0 atom stereocenters. The third-order valence-electron chi connectivity index (χ3n) is 4.56. The van der Waals surface area contributed by atoms with E-state index in [4.69, 9.17) is 9.15 Å². The number of amides is 1. The van der Waals surface area contributed by atoms with Crippen molar-refractivity contribution < 1.29 is 22.7 Å². The molecule has 0 radical (unpaired) electrons. The number of halogens is 3. The van der Waals surface area contributed by atoms with E-state index in [0.717, 1.165) is 23.4 Å². The number of hydrogen-bond acceptors (Lipinski definition) is 6. The summed E-state index contributed by atoms with van der Waals surface area (Å²) in [7, 11) is 1.59. The molecule has 11 heteroatoms. The minimum atomic E-state index is -0.872. The molecule has 2 aromatic heterocycles. The van der Waals surface area contributed by atoms with Crippen molar-refractivity contribution >= 4 is 39.3 Å². The number of ether oxygens (including phenoxy) is 1. The highest BCUT2D eigenvalue weighted by molar-refractivity contribution is 9.10. The van der Waals surface area contributed by atoms with E-state index in [1.807, 2.05) is 34.9 Å². The Kier molecular flexibility index (Phi) is 7.09. The number of nitrogens with zero attached hydrogens (tertiary/aromatic N) is 3. The lowest BCUT2D eigenvalue weighted by molar-refractivity contribution is -0.113. The van der Waals surface area contributed by atoms with Gasteiger partial charge in [-0.05, 0) is 58.4 Å². The van der Waals surface area contributed by atoms with Crippen molar-refractivity contribution in [2.75, 3.05) is 18.2 Å². The van der Waals surface area contributed by atoms with Crippen LogP contribution in [0.3, 0.4) is 0 Å². The Bertz CT molecular complexity index is 1240. The smallest absolute Gasteiger partial charge is 0.234 e. The van der Waals surface area contributed by atoms with Crippen LogP contribution in [0, 0.1) is 11.6 Å². The van der Waals surface area contributed by atoms with E-state index in [1.165, 1.54) is 0 Å². The molecular formula is C22H17BrF2N4O3S. The lowest BCUT2D eigenvalue weighted by atomic mass is 10.2. The first-order valence-electron chi connectivity index (χ1n) is 9.62. The van der Waals surface area contributed by atoms with E-state index in [1.54, 1.807) is 19.4 Å². The van der Waals surface area contributed by atoms with Crippen LogP contribution in [-0.2, 0) is 11.3 Å².